The third-order valence-corrected chi connectivity index (χ3v) is 4.99. The van der Waals surface area contributed by atoms with Crippen LogP contribution in [-0.4, -0.2) is 51.2 Å². The first-order valence-electron chi connectivity index (χ1n) is 8.83. The summed E-state index contributed by atoms with van der Waals surface area (Å²) in [5.74, 6) is 1.13. The van der Waals surface area contributed by atoms with Gasteiger partial charge in [-0.1, -0.05) is 29.8 Å². The lowest BCUT2D eigenvalue weighted by Crippen LogP contribution is -2.48. The summed E-state index contributed by atoms with van der Waals surface area (Å²) in [4.78, 5) is 14.8. The molecule has 1 aliphatic rings. The number of benzene rings is 2. The topological polar surface area (TPSA) is 62.8 Å². The predicted octanol–water partition coefficient (Wildman–Crippen LogP) is 3.36. The number of carbonyl (C=O) groups is 1. The molecule has 2 aromatic carbocycles. The van der Waals surface area contributed by atoms with Crippen molar-refractivity contribution in [2.75, 3.05) is 45.7 Å². The molecule has 0 aromatic heterocycles. The van der Waals surface area contributed by atoms with Gasteiger partial charge in [-0.3, -0.25) is 9.69 Å². The summed E-state index contributed by atoms with van der Waals surface area (Å²) in [7, 11) is 3.15. The van der Waals surface area contributed by atoms with Crippen molar-refractivity contribution < 1.29 is 14.3 Å². The molecule has 1 atom stereocenters. The molecule has 0 spiro atoms. The van der Waals surface area contributed by atoms with Gasteiger partial charge in [-0.2, -0.15) is 0 Å². The molecule has 3 rings (SSSR count). The van der Waals surface area contributed by atoms with Crippen LogP contribution in [0.2, 0.25) is 5.02 Å². The van der Waals surface area contributed by atoms with Crippen LogP contribution in [0.4, 0.5) is 5.69 Å². The Morgan fingerprint density at radius 1 is 1.25 bits per heavy atom. The van der Waals surface area contributed by atoms with Crippen LogP contribution in [-0.2, 0) is 4.79 Å². The van der Waals surface area contributed by atoms with Gasteiger partial charge in [-0.25, -0.2) is 0 Å². The Morgan fingerprint density at radius 2 is 2.04 bits per heavy atom. The zero-order valence-electron chi connectivity index (χ0n) is 15.9. The number of ether oxygens (including phenoxy) is 2. The summed E-state index contributed by atoms with van der Waals surface area (Å²) in [6.07, 6.45) is 0. The molecule has 0 aliphatic carbocycles. The number of hydrogen-bond acceptors (Lipinski definition) is 5. The molecule has 1 unspecified atom stereocenters. The smallest absolute Gasteiger partial charge is 0.238 e. The lowest BCUT2D eigenvalue weighted by atomic mass is 10.0. The van der Waals surface area contributed by atoms with Gasteiger partial charge in [0.15, 0.2) is 0 Å². The number of amides is 1. The van der Waals surface area contributed by atoms with Crippen molar-refractivity contribution in [3.05, 3.63) is 53.1 Å². The second-order valence-electron chi connectivity index (χ2n) is 6.33. The first kappa shape index (κ1) is 22.3. The quantitative estimate of drug-likeness (QED) is 0.742. The standard InChI is InChI=1S/C20H24ClN3O3.ClH/c1-26-14-7-8-17(19(11-14)27-2)23-20(25)13-24-10-9-22-12-18(24)15-5-3-4-6-16(15)21;/h3-8,11,18,22H,9-10,12-13H2,1-2H3,(H,23,25);1H. The van der Waals surface area contributed by atoms with Gasteiger partial charge in [0, 0.05) is 36.8 Å². The van der Waals surface area contributed by atoms with Crippen molar-refractivity contribution in [3.8, 4) is 11.5 Å². The zero-order valence-corrected chi connectivity index (χ0v) is 17.5. The van der Waals surface area contributed by atoms with Crippen molar-refractivity contribution in [2.45, 2.75) is 6.04 Å². The van der Waals surface area contributed by atoms with Crippen molar-refractivity contribution >= 4 is 35.6 Å². The van der Waals surface area contributed by atoms with Crippen molar-refractivity contribution in [1.29, 1.82) is 0 Å². The van der Waals surface area contributed by atoms with E-state index in [-0.39, 0.29) is 30.9 Å². The van der Waals surface area contributed by atoms with Crippen molar-refractivity contribution in [2.24, 2.45) is 0 Å². The molecule has 6 nitrogen and oxygen atoms in total. The Morgan fingerprint density at radius 3 is 2.75 bits per heavy atom. The molecule has 1 aliphatic heterocycles. The second-order valence-corrected chi connectivity index (χ2v) is 6.73. The summed E-state index contributed by atoms with van der Waals surface area (Å²) in [6.45, 7) is 2.62. The Bertz CT molecular complexity index is 804. The highest BCUT2D eigenvalue weighted by Crippen LogP contribution is 2.30. The number of nitrogens with zero attached hydrogens (tertiary/aromatic N) is 1. The number of hydrogen-bond donors (Lipinski definition) is 2. The Kier molecular flexibility index (Phi) is 8.38. The van der Waals surface area contributed by atoms with Crippen LogP contribution in [0.25, 0.3) is 0 Å². The highest BCUT2D eigenvalue weighted by molar-refractivity contribution is 6.31. The van der Waals surface area contributed by atoms with E-state index in [9.17, 15) is 4.79 Å². The zero-order chi connectivity index (χ0) is 19.2. The van der Waals surface area contributed by atoms with E-state index in [2.05, 4.69) is 15.5 Å². The Hall–Kier alpha value is -1.99. The molecule has 2 N–H and O–H groups in total. The van der Waals surface area contributed by atoms with Gasteiger partial charge in [0.05, 0.1) is 26.5 Å². The maximum atomic E-state index is 12.7. The molecular formula is C20H25Cl2N3O3. The number of piperazine rings is 1. The maximum Gasteiger partial charge on any atom is 0.238 e. The van der Waals surface area contributed by atoms with E-state index in [0.29, 0.717) is 22.2 Å². The van der Waals surface area contributed by atoms with E-state index >= 15 is 0 Å². The van der Waals surface area contributed by atoms with Crippen LogP contribution in [0.1, 0.15) is 11.6 Å². The van der Waals surface area contributed by atoms with Gasteiger partial charge in [0.25, 0.3) is 0 Å². The molecule has 0 bridgehead atoms. The minimum absolute atomic E-state index is 0. The third-order valence-electron chi connectivity index (χ3n) is 4.65. The van der Waals surface area contributed by atoms with E-state index in [4.69, 9.17) is 21.1 Å². The monoisotopic (exact) mass is 425 g/mol. The Labute approximate surface area is 176 Å². The number of nitrogens with one attached hydrogen (secondary N) is 2. The number of anilines is 1. The van der Waals surface area contributed by atoms with Crippen LogP contribution < -0.4 is 20.1 Å². The molecule has 8 heteroatoms. The molecule has 1 saturated heterocycles. The first-order valence-corrected chi connectivity index (χ1v) is 9.21. The predicted molar refractivity (Wildman–Crippen MR) is 114 cm³/mol. The van der Waals surface area contributed by atoms with E-state index in [1.165, 1.54) is 0 Å². The minimum Gasteiger partial charge on any atom is -0.497 e. The molecule has 152 valence electrons. The number of rotatable bonds is 6. The summed E-state index contributed by atoms with van der Waals surface area (Å²) in [6, 6.07) is 13.1. The van der Waals surface area contributed by atoms with Crippen LogP contribution in [0.15, 0.2) is 42.5 Å². The molecule has 2 aromatic rings. The van der Waals surface area contributed by atoms with Gasteiger partial charge in [0.1, 0.15) is 11.5 Å². The SMILES string of the molecule is COc1ccc(NC(=O)CN2CCNCC2c2ccccc2Cl)c(OC)c1.Cl. The van der Waals surface area contributed by atoms with Crippen LogP contribution in [0, 0.1) is 0 Å². The van der Waals surface area contributed by atoms with E-state index < -0.39 is 0 Å². The fraction of sp³-hybridized carbons (Fsp3) is 0.350. The largest absolute Gasteiger partial charge is 0.497 e. The van der Waals surface area contributed by atoms with Crippen LogP contribution in [0.3, 0.4) is 0 Å². The lowest BCUT2D eigenvalue weighted by molar-refractivity contribution is -0.118. The summed E-state index contributed by atoms with van der Waals surface area (Å²) < 4.78 is 10.5. The van der Waals surface area contributed by atoms with Crippen molar-refractivity contribution in [3.63, 3.8) is 0 Å². The summed E-state index contributed by atoms with van der Waals surface area (Å²) in [5.41, 5.74) is 1.65. The number of carbonyl (C=O) groups excluding carboxylic acids is 1. The summed E-state index contributed by atoms with van der Waals surface area (Å²) in [5, 5.41) is 7.03. The Balaban J connectivity index is 0.00000280. The van der Waals surface area contributed by atoms with Crippen LogP contribution in [0.5, 0.6) is 11.5 Å². The average Bonchev–Trinajstić information content (AvgIpc) is 2.69. The van der Waals surface area contributed by atoms with E-state index in [1.807, 2.05) is 24.3 Å². The molecule has 0 radical (unpaired) electrons. The average molecular weight is 426 g/mol. The normalized spacial score (nSPS) is 16.8. The number of halogens is 2. The van der Waals surface area contributed by atoms with Crippen molar-refractivity contribution in [1.82, 2.24) is 10.2 Å². The fourth-order valence-corrected chi connectivity index (χ4v) is 3.53. The molecule has 0 saturated carbocycles. The molecular weight excluding hydrogens is 401 g/mol. The molecule has 1 heterocycles. The highest BCUT2D eigenvalue weighted by Gasteiger charge is 2.27. The third kappa shape index (κ3) is 5.29. The molecule has 28 heavy (non-hydrogen) atoms. The number of methoxy groups -OCH3 is 2. The van der Waals surface area contributed by atoms with E-state index in [1.54, 1.807) is 32.4 Å². The minimum atomic E-state index is -0.0996. The van der Waals surface area contributed by atoms with Gasteiger partial charge >= 0.3 is 0 Å². The van der Waals surface area contributed by atoms with E-state index in [0.717, 1.165) is 25.2 Å². The highest BCUT2D eigenvalue weighted by atomic mass is 35.5. The second kappa shape index (κ2) is 10.5. The van der Waals surface area contributed by atoms with Gasteiger partial charge in [-0.15, -0.1) is 12.4 Å². The fourth-order valence-electron chi connectivity index (χ4n) is 3.26. The molecule has 1 fully saturated rings. The van der Waals surface area contributed by atoms with Crippen LogP contribution >= 0.6 is 24.0 Å². The van der Waals surface area contributed by atoms with Gasteiger partial charge < -0.3 is 20.1 Å². The van der Waals surface area contributed by atoms with Gasteiger partial charge in [0.2, 0.25) is 5.91 Å². The first-order chi connectivity index (χ1) is 13.1. The lowest BCUT2D eigenvalue weighted by Gasteiger charge is -2.36. The molecule has 1 amide bonds. The maximum absolute atomic E-state index is 12.7. The summed E-state index contributed by atoms with van der Waals surface area (Å²) >= 11 is 6.37. The van der Waals surface area contributed by atoms with Gasteiger partial charge in [-0.05, 0) is 23.8 Å².